The van der Waals surface area contributed by atoms with Crippen LogP contribution < -0.4 is 0 Å². The molecule has 2 atom stereocenters. The summed E-state index contributed by atoms with van der Waals surface area (Å²) in [6, 6.07) is 7.95. The van der Waals surface area contributed by atoms with Gasteiger partial charge < -0.3 is 14.3 Å². The monoisotopic (exact) mass is 376 g/mol. The van der Waals surface area contributed by atoms with Crippen LogP contribution in [0.25, 0.3) is 11.0 Å². The third-order valence-electron chi connectivity index (χ3n) is 4.88. The van der Waals surface area contributed by atoms with Gasteiger partial charge in [0.05, 0.1) is 12.9 Å². The summed E-state index contributed by atoms with van der Waals surface area (Å²) in [5.74, 6) is 0.613. The van der Waals surface area contributed by atoms with Gasteiger partial charge in [-0.3, -0.25) is 9.59 Å². The molecule has 0 saturated heterocycles. The molecule has 1 aliphatic rings. The summed E-state index contributed by atoms with van der Waals surface area (Å²) < 4.78 is 11.2. The number of unbranched alkanes of at least 4 members (excludes halogenated alkanes) is 1. The van der Waals surface area contributed by atoms with Gasteiger partial charge in [0.25, 0.3) is 0 Å². The van der Waals surface area contributed by atoms with Crippen molar-refractivity contribution in [1.82, 2.24) is 0 Å². The minimum Gasteiger partial charge on any atom is -0.481 e. The molecule has 1 saturated carbocycles. The highest BCUT2D eigenvalue weighted by molar-refractivity contribution is 7.99. The Morgan fingerprint density at radius 2 is 2.19 bits per heavy atom. The zero-order chi connectivity index (χ0) is 18.4. The number of Topliss-reactive ketones (excluding diaryl/α,β-unsaturated/α-hetero) is 1. The molecule has 1 N–H and O–H groups in total. The largest absolute Gasteiger partial charge is 0.481 e. The van der Waals surface area contributed by atoms with Crippen molar-refractivity contribution in [3.05, 3.63) is 30.5 Å². The van der Waals surface area contributed by atoms with Gasteiger partial charge in [-0.15, -0.1) is 11.8 Å². The first kappa shape index (κ1) is 19.0. The summed E-state index contributed by atoms with van der Waals surface area (Å²) in [5, 5.41) is 9.72. The highest BCUT2D eigenvalue weighted by atomic mass is 32.2. The number of hydrogen-bond donors (Lipinski definition) is 1. The summed E-state index contributed by atoms with van der Waals surface area (Å²) in [6.45, 7) is 1.14. The molecule has 1 aliphatic carbocycles. The number of thioether (sulfide) groups is 1. The molecule has 1 aromatic heterocycles. The number of hydrogen-bond acceptors (Lipinski definition) is 5. The maximum Gasteiger partial charge on any atom is 0.303 e. The quantitative estimate of drug-likeness (QED) is 0.489. The minimum atomic E-state index is -0.767. The van der Waals surface area contributed by atoms with E-state index in [1.165, 1.54) is 0 Å². The zero-order valence-corrected chi connectivity index (χ0v) is 15.5. The lowest BCUT2D eigenvalue weighted by Crippen LogP contribution is -2.21. The van der Waals surface area contributed by atoms with E-state index in [0.717, 1.165) is 34.5 Å². The van der Waals surface area contributed by atoms with E-state index in [1.807, 2.05) is 18.2 Å². The van der Waals surface area contributed by atoms with E-state index >= 15 is 0 Å². The van der Waals surface area contributed by atoms with Crippen LogP contribution in [0.15, 0.2) is 39.8 Å². The van der Waals surface area contributed by atoms with Crippen molar-refractivity contribution in [1.29, 1.82) is 0 Å². The molecule has 2 aromatic rings. The van der Waals surface area contributed by atoms with Crippen molar-refractivity contribution in [3.8, 4) is 0 Å². The number of carbonyl (C=O) groups is 2. The van der Waals surface area contributed by atoms with Gasteiger partial charge >= 0.3 is 5.97 Å². The van der Waals surface area contributed by atoms with Crippen molar-refractivity contribution in [2.24, 2.45) is 11.8 Å². The Bertz CT molecular complexity index is 753. The van der Waals surface area contributed by atoms with Gasteiger partial charge in [-0.2, -0.15) is 0 Å². The van der Waals surface area contributed by atoms with E-state index < -0.39 is 5.97 Å². The third-order valence-corrected chi connectivity index (χ3v) is 6.07. The standard InChI is InChI=1S/C20H24O5S/c21-17-8-7-14(12-24-10-2-1-6-20(22)23)16(17)13-26-19-5-3-4-18-15(19)9-11-25-18/h3-5,9,11,14,16H,1-2,6-8,10,12-13H2,(H,22,23)/t14-,16-/m1/s1. The molecule has 0 amide bonds. The number of ether oxygens (including phenoxy) is 1. The van der Waals surface area contributed by atoms with Gasteiger partial charge in [-0.25, -0.2) is 0 Å². The second-order valence-electron chi connectivity index (χ2n) is 6.70. The first-order valence-electron chi connectivity index (χ1n) is 9.06. The summed E-state index contributed by atoms with van der Waals surface area (Å²) in [5.41, 5.74) is 0.869. The summed E-state index contributed by atoms with van der Waals surface area (Å²) in [4.78, 5) is 23.9. The predicted molar refractivity (Wildman–Crippen MR) is 100 cm³/mol. The van der Waals surface area contributed by atoms with E-state index in [2.05, 4.69) is 6.07 Å². The van der Waals surface area contributed by atoms with Gasteiger partial charge in [0, 0.05) is 41.4 Å². The van der Waals surface area contributed by atoms with E-state index in [4.69, 9.17) is 14.3 Å². The molecular formula is C20H24O5S. The molecule has 0 aliphatic heterocycles. The van der Waals surface area contributed by atoms with Crippen LogP contribution in [0.1, 0.15) is 32.1 Å². The molecule has 0 unspecified atom stereocenters. The molecule has 0 radical (unpaired) electrons. The highest BCUT2D eigenvalue weighted by Crippen LogP contribution is 2.36. The van der Waals surface area contributed by atoms with E-state index in [-0.39, 0.29) is 18.3 Å². The molecule has 5 nitrogen and oxygen atoms in total. The van der Waals surface area contributed by atoms with Crippen LogP contribution in [0.3, 0.4) is 0 Å². The maximum atomic E-state index is 12.3. The molecule has 26 heavy (non-hydrogen) atoms. The normalized spacial score (nSPS) is 20.1. The van der Waals surface area contributed by atoms with Crippen molar-refractivity contribution in [2.45, 2.75) is 37.0 Å². The van der Waals surface area contributed by atoms with E-state index in [9.17, 15) is 9.59 Å². The van der Waals surface area contributed by atoms with E-state index in [0.29, 0.717) is 31.8 Å². The zero-order valence-electron chi connectivity index (χ0n) is 14.7. The first-order chi connectivity index (χ1) is 12.6. The number of carbonyl (C=O) groups excluding carboxylic acids is 1. The van der Waals surface area contributed by atoms with Crippen LogP contribution in [-0.2, 0) is 14.3 Å². The third kappa shape index (κ3) is 4.89. The number of ketones is 1. The Labute approximate surface area is 157 Å². The smallest absolute Gasteiger partial charge is 0.303 e. The van der Waals surface area contributed by atoms with Crippen molar-refractivity contribution >= 4 is 34.5 Å². The maximum absolute atomic E-state index is 12.3. The van der Waals surface area contributed by atoms with Crippen molar-refractivity contribution < 1.29 is 23.8 Å². The summed E-state index contributed by atoms with van der Waals surface area (Å²) in [7, 11) is 0. The number of furan rings is 1. The number of aliphatic carboxylic acids is 1. The van der Waals surface area contributed by atoms with Crippen LogP contribution >= 0.6 is 11.8 Å². The highest BCUT2D eigenvalue weighted by Gasteiger charge is 2.34. The fraction of sp³-hybridized carbons (Fsp3) is 0.500. The average molecular weight is 376 g/mol. The lowest BCUT2D eigenvalue weighted by atomic mass is 9.98. The number of rotatable bonds is 10. The van der Waals surface area contributed by atoms with Crippen LogP contribution in [0.4, 0.5) is 0 Å². The molecule has 140 valence electrons. The Hall–Kier alpha value is -1.79. The van der Waals surface area contributed by atoms with Crippen LogP contribution in [-0.4, -0.2) is 35.8 Å². The van der Waals surface area contributed by atoms with Crippen molar-refractivity contribution in [3.63, 3.8) is 0 Å². The number of fused-ring (bicyclic) bond motifs is 1. The van der Waals surface area contributed by atoms with Crippen molar-refractivity contribution in [2.75, 3.05) is 19.0 Å². The fourth-order valence-corrected chi connectivity index (χ4v) is 4.71. The molecule has 0 spiro atoms. The Balaban J connectivity index is 1.47. The molecule has 1 aromatic carbocycles. The fourth-order valence-electron chi connectivity index (χ4n) is 3.39. The Morgan fingerprint density at radius 1 is 1.31 bits per heavy atom. The number of benzene rings is 1. The van der Waals surface area contributed by atoms with Gasteiger partial charge in [-0.05, 0) is 43.4 Å². The molecule has 0 bridgehead atoms. The number of carboxylic acid groups (broad SMARTS) is 1. The lowest BCUT2D eigenvalue weighted by molar-refractivity contribution is -0.137. The summed E-state index contributed by atoms with van der Waals surface area (Å²) in [6.07, 6.45) is 4.77. The van der Waals surface area contributed by atoms with Crippen LogP contribution in [0.2, 0.25) is 0 Å². The second kappa shape index (κ2) is 9.24. The van der Waals surface area contributed by atoms with Gasteiger partial charge in [0.2, 0.25) is 0 Å². The summed E-state index contributed by atoms with van der Waals surface area (Å²) >= 11 is 1.71. The molecule has 1 fully saturated rings. The lowest BCUT2D eigenvalue weighted by Gasteiger charge is -2.18. The molecule has 3 rings (SSSR count). The molecule has 1 heterocycles. The topological polar surface area (TPSA) is 76.7 Å². The Morgan fingerprint density at radius 3 is 3.04 bits per heavy atom. The molecule has 6 heteroatoms. The second-order valence-corrected chi connectivity index (χ2v) is 7.76. The Kier molecular flexibility index (Phi) is 6.74. The van der Waals surface area contributed by atoms with Crippen LogP contribution in [0.5, 0.6) is 0 Å². The number of carboxylic acids is 1. The van der Waals surface area contributed by atoms with Gasteiger partial charge in [0.1, 0.15) is 11.4 Å². The van der Waals surface area contributed by atoms with Gasteiger partial charge in [0.15, 0.2) is 0 Å². The first-order valence-corrected chi connectivity index (χ1v) is 10.0. The minimum absolute atomic E-state index is 0.0289. The predicted octanol–water partition coefficient (Wildman–Crippen LogP) is 4.39. The van der Waals surface area contributed by atoms with E-state index in [1.54, 1.807) is 18.0 Å². The molecular weight excluding hydrogens is 352 g/mol. The van der Waals surface area contributed by atoms with Crippen LogP contribution in [0, 0.1) is 11.8 Å². The SMILES string of the molecule is O=C(O)CCCCOC[C@H]1CCC(=O)[C@@H]1CSc1cccc2occc12. The van der Waals surface area contributed by atoms with Gasteiger partial charge in [-0.1, -0.05) is 6.07 Å². The average Bonchev–Trinajstić information content (AvgIpc) is 3.23.